The lowest BCUT2D eigenvalue weighted by Gasteiger charge is -2.40. The number of ketones is 1. The zero-order valence-electron chi connectivity index (χ0n) is 12.2. The molecule has 112 valence electrons. The molecule has 0 radical (unpaired) electrons. The number of carbonyl (C=O) groups is 1. The highest BCUT2D eigenvalue weighted by molar-refractivity contribution is 6.30. The zero-order valence-corrected chi connectivity index (χ0v) is 12.9. The van der Waals surface area contributed by atoms with Crippen molar-refractivity contribution in [3.63, 3.8) is 0 Å². The van der Waals surface area contributed by atoms with E-state index in [4.69, 9.17) is 21.1 Å². The molecule has 21 heavy (non-hydrogen) atoms. The second-order valence-corrected chi connectivity index (χ2v) is 5.77. The molecule has 0 aliphatic heterocycles. The van der Waals surface area contributed by atoms with Crippen LogP contribution in [0.1, 0.15) is 37.2 Å². The predicted octanol–water partition coefficient (Wildman–Crippen LogP) is 3.48. The molecule has 0 bridgehead atoms. The summed E-state index contributed by atoms with van der Waals surface area (Å²) >= 11 is 5.98. The molecule has 0 saturated heterocycles. The van der Waals surface area contributed by atoms with Gasteiger partial charge in [-0.25, -0.2) is 0 Å². The molecule has 5 heteroatoms. The molecule has 1 fully saturated rings. The fourth-order valence-electron chi connectivity index (χ4n) is 2.69. The van der Waals surface area contributed by atoms with Gasteiger partial charge in [0.15, 0.2) is 5.78 Å². The van der Waals surface area contributed by atoms with Crippen molar-refractivity contribution in [2.45, 2.75) is 37.2 Å². The zero-order chi connectivity index (χ0) is 15.5. The van der Waals surface area contributed by atoms with E-state index < -0.39 is 11.5 Å². The molecule has 1 aromatic rings. The van der Waals surface area contributed by atoms with Gasteiger partial charge in [0, 0.05) is 24.1 Å². The third-order valence-electron chi connectivity index (χ3n) is 4.15. The summed E-state index contributed by atoms with van der Waals surface area (Å²) in [6.07, 6.45) is 3.02. The minimum absolute atomic E-state index is 0.153. The summed E-state index contributed by atoms with van der Waals surface area (Å²) in [5.74, 6) is -0.537. The molecule has 0 heterocycles. The van der Waals surface area contributed by atoms with Crippen LogP contribution >= 0.6 is 11.6 Å². The van der Waals surface area contributed by atoms with E-state index in [1.165, 1.54) is 7.11 Å². The standard InChI is InChI=1S/C16H18ClNO3/c1-20-15-5-4-11(17)8-12(15)13(10-18)14(19)9-16(21-2)6-3-7-16/h4-5,8,13H,3,6-7,9H2,1-2H3. The van der Waals surface area contributed by atoms with E-state index in [2.05, 4.69) is 6.07 Å². The Balaban J connectivity index is 2.25. The molecule has 1 aliphatic rings. The number of nitrogens with zero attached hydrogens (tertiary/aromatic N) is 1. The predicted molar refractivity (Wildman–Crippen MR) is 79.6 cm³/mol. The molecule has 0 spiro atoms. The topological polar surface area (TPSA) is 59.3 Å². The lowest BCUT2D eigenvalue weighted by atomic mass is 9.74. The van der Waals surface area contributed by atoms with Crippen molar-refractivity contribution in [1.82, 2.24) is 0 Å². The average molecular weight is 308 g/mol. The van der Waals surface area contributed by atoms with Crippen molar-refractivity contribution in [2.75, 3.05) is 14.2 Å². The highest BCUT2D eigenvalue weighted by Gasteiger charge is 2.41. The Bertz CT molecular complexity index is 570. The molecule has 2 rings (SSSR count). The van der Waals surface area contributed by atoms with Crippen LogP contribution in [-0.2, 0) is 9.53 Å². The molecule has 1 aliphatic carbocycles. The average Bonchev–Trinajstić information content (AvgIpc) is 2.44. The normalized spacial score (nSPS) is 17.4. The minimum Gasteiger partial charge on any atom is -0.496 e. The Kier molecular flexibility index (Phi) is 4.87. The number of rotatable bonds is 6. The third kappa shape index (κ3) is 3.20. The Morgan fingerprint density at radius 3 is 2.67 bits per heavy atom. The smallest absolute Gasteiger partial charge is 0.157 e. The number of nitriles is 1. The largest absolute Gasteiger partial charge is 0.496 e. The first-order valence-electron chi connectivity index (χ1n) is 6.86. The van der Waals surface area contributed by atoms with E-state index >= 15 is 0 Å². The van der Waals surface area contributed by atoms with Gasteiger partial charge in [-0.15, -0.1) is 0 Å². The van der Waals surface area contributed by atoms with Gasteiger partial charge in [-0.2, -0.15) is 5.26 Å². The number of hydrogen-bond donors (Lipinski definition) is 0. The van der Waals surface area contributed by atoms with Crippen molar-refractivity contribution in [2.24, 2.45) is 0 Å². The summed E-state index contributed by atoms with van der Waals surface area (Å²) in [5, 5.41) is 9.89. The number of hydrogen-bond acceptors (Lipinski definition) is 4. The van der Waals surface area contributed by atoms with Crippen LogP contribution in [0, 0.1) is 11.3 Å². The van der Waals surface area contributed by atoms with Gasteiger partial charge in [-0.1, -0.05) is 11.6 Å². The van der Waals surface area contributed by atoms with Gasteiger partial charge in [-0.3, -0.25) is 4.79 Å². The quantitative estimate of drug-likeness (QED) is 0.807. The van der Waals surface area contributed by atoms with E-state index in [-0.39, 0.29) is 12.2 Å². The number of Topliss-reactive ketones (excluding diaryl/α,β-unsaturated/α-hetero) is 1. The first kappa shape index (κ1) is 15.8. The van der Waals surface area contributed by atoms with Crippen LogP contribution in [-0.4, -0.2) is 25.6 Å². The van der Waals surface area contributed by atoms with Gasteiger partial charge in [0.25, 0.3) is 0 Å². The van der Waals surface area contributed by atoms with Crippen LogP contribution in [0.5, 0.6) is 5.75 Å². The van der Waals surface area contributed by atoms with E-state index in [0.717, 1.165) is 19.3 Å². The second kappa shape index (κ2) is 6.46. The maximum absolute atomic E-state index is 12.5. The molecule has 1 aromatic carbocycles. The van der Waals surface area contributed by atoms with Crippen LogP contribution in [0.15, 0.2) is 18.2 Å². The number of methoxy groups -OCH3 is 2. The van der Waals surface area contributed by atoms with Crippen molar-refractivity contribution in [1.29, 1.82) is 5.26 Å². The lowest BCUT2D eigenvalue weighted by Crippen LogP contribution is -2.42. The van der Waals surface area contributed by atoms with Crippen molar-refractivity contribution in [3.05, 3.63) is 28.8 Å². The van der Waals surface area contributed by atoms with Gasteiger partial charge in [0.05, 0.1) is 18.8 Å². The number of carbonyl (C=O) groups excluding carboxylic acids is 1. The maximum Gasteiger partial charge on any atom is 0.157 e. The molecular formula is C16H18ClNO3. The van der Waals surface area contributed by atoms with E-state index in [0.29, 0.717) is 16.3 Å². The lowest BCUT2D eigenvalue weighted by molar-refractivity contribution is -0.132. The Morgan fingerprint density at radius 1 is 1.48 bits per heavy atom. The fraction of sp³-hybridized carbons (Fsp3) is 0.500. The van der Waals surface area contributed by atoms with Crippen molar-refractivity contribution >= 4 is 17.4 Å². The number of halogens is 1. The number of benzene rings is 1. The highest BCUT2D eigenvalue weighted by atomic mass is 35.5. The van der Waals surface area contributed by atoms with Crippen molar-refractivity contribution in [3.8, 4) is 11.8 Å². The molecule has 4 nitrogen and oxygen atoms in total. The molecular weight excluding hydrogens is 290 g/mol. The van der Waals surface area contributed by atoms with Gasteiger partial charge in [0.2, 0.25) is 0 Å². The molecule has 1 atom stereocenters. The number of ether oxygens (including phenoxy) is 2. The molecule has 1 unspecified atom stereocenters. The molecule has 0 amide bonds. The second-order valence-electron chi connectivity index (χ2n) is 5.33. The van der Waals surface area contributed by atoms with Gasteiger partial charge in [-0.05, 0) is 37.5 Å². The summed E-state index contributed by atoms with van der Waals surface area (Å²) in [6.45, 7) is 0. The Morgan fingerprint density at radius 2 is 2.19 bits per heavy atom. The highest BCUT2D eigenvalue weighted by Crippen LogP contribution is 2.40. The van der Waals surface area contributed by atoms with Gasteiger partial charge < -0.3 is 9.47 Å². The summed E-state index contributed by atoms with van der Waals surface area (Å²) in [5.41, 5.74) is 0.126. The Labute approximate surface area is 129 Å². The van der Waals surface area contributed by atoms with Crippen LogP contribution < -0.4 is 4.74 Å². The van der Waals surface area contributed by atoms with Crippen molar-refractivity contribution < 1.29 is 14.3 Å². The Hall–Kier alpha value is -1.57. The van der Waals surface area contributed by atoms with Gasteiger partial charge in [0.1, 0.15) is 11.7 Å². The van der Waals surface area contributed by atoms with E-state index in [1.807, 2.05) is 0 Å². The summed E-state index contributed by atoms with van der Waals surface area (Å²) < 4.78 is 10.7. The monoisotopic (exact) mass is 307 g/mol. The SMILES string of the molecule is COc1ccc(Cl)cc1C(C#N)C(=O)CC1(OC)CCC1. The molecule has 0 aromatic heterocycles. The van der Waals surface area contributed by atoms with E-state index in [1.54, 1.807) is 25.3 Å². The summed E-state index contributed by atoms with van der Waals surface area (Å²) in [7, 11) is 3.13. The fourth-order valence-corrected chi connectivity index (χ4v) is 2.87. The maximum atomic E-state index is 12.5. The minimum atomic E-state index is -0.883. The summed E-state index contributed by atoms with van der Waals surface area (Å²) in [4.78, 5) is 12.5. The van der Waals surface area contributed by atoms with Gasteiger partial charge >= 0.3 is 0 Å². The van der Waals surface area contributed by atoms with Crippen LogP contribution in [0.4, 0.5) is 0 Å². The molecule has 0 N–H and O–H groups in total. The van der Waals surface area contributed by atoms with Crippen LogP contribution in [0.2, 0.25) is 5.02 Å². The third-order valence-corrected chi connectivity index (χ3v) is 4.38. The van der Waals surface area contributed by atoms with Crippen LogP contribution in [0.3, 0.4) is 0 Å². The molecule has 1 saturated carbocycles. The van der Waals surface area contributed by atoms with E-state index in [9.17, 15) is 10.1 Å². The van der Waals surface area contributed by atoms with Crippen LogP contribution in [0.25, 0.3) is 0 Å². The summed E-state index contributed by atoms with van der Waals surface area (Å²) in [6, 6.07) is 7.03. The first-order chi connectivity index (χ1) is 10.0. The first-order valence-corrected chi connectivity index (χ1v) is 7.24.